The molecular weight excluding hydrogens is 198 g/mol. The number of rotatable bonds is 3. The Kier molecular flexibility index (Phi) is 3.41. The maximum Gasteiger partial charge on any atom is 0.333 e. The minimum atomic E-state index is -0.794. The van der Waals surface area contributed by atoms with Gasteiger partial charge in [0.1, 0.15) is 5.92 Å². The molecule has 0 aromatic carbocycles. The third kappa shape index (κ3) is 1.85. The Bertz CT molecular complexity index is 303. The number of nitrogens with two attached hydrogens (primary N) is 1. The SMILES string of the molecule is CCN1C(=O)C(CCN)C(=O)N(C)C1=O. The summed E-state index contributed by atoms with van der Waals surface area (Å²) >= 11 is 0. The molecule has 1 aliphatic heterocycles. The van der Waals surface area contributed by atoms with Gasteiger partial charge in [0.25, 0.3) is 0 Å². The van der Waals surface area contributed by atoms with Gasteiger partial charge in [0, 0.05) is 13.6 Å². The number of carbonyl (C=O) groups is 3. The summed E-state index contributed by atoms with van der Waals surface area (Å²) in [4.78, 5) is 36.9. The van der Waals surface area contributed by atoms with E-state index in [4.69, 9.17) is 5.73 Å². The summed E-state index contributed by atoms with van der Waals surface area (Å²) in [7, 11) is 1.38. The zero-order valence-electron chi connectivity index (χ0n) is 8.90. The fourth-order valence-electron chi connectivity index (χ4n) is 1.60. The molecular formula is C9H15N3O3. The molecule has 15 heavy (non-hydrogen) atoms. The van der Waals surface area contributed by atoms with Gasteiger partial charge < -0.3 is 5.73 Å². The second kappa shape index (κ2) is 4.39. The summed E-state index contributed by atoms with van der Waals surface area (Å²) in [6.07, 6.45) is 0.284. The van der Waals surface area contributed by atoms with Crippen LogP contribution >= 0.6 is 0 Å². The molecule has 1 unspecified atom stereocenters. The van der Waals surface area contributed by atoms with Crippen LogP contribution in [-0.4, -0.2) is 47.8 Å². The van der Waals surface area contributed by atoms with Crippen LogP contribution in [0.5, 0.6) is 0 Å². The second-order valence-electron chi connectivity index (χ2n) is 3.39. The molecule has 0 radical (unpaired) electrons. The number of amides is 4. The van der Waals surface area contributed by atoms with Crippen molar-refractivity contribution >= 4 is 17.8 Å². The lowest BCUT2D eigenvalue weighted by Crippen LogP contribution is -2.58. The molecule has 0 aromatic heterocycles. The van der Waals surface area contributed by atoms with E-state index >= 15 is 0 Å². The molecule has 0 bridgehead atoms. The number of nitrogens with zero attached hydrogens (tertiary/aromatic N) is 2. The third-order valence-corrected chi connectivity index (χ3v) is 2.48. The van der Waals surface area contributed by atoms with Gasteiger partial charge in [-0.1, -0.05) is 0 Å². The number of carbonyl (C=O) groups excluding carboxylic acids is 3. The summed E-state index contributed by atoms with van der Waals surface area (Å²) in [5, 5.41) is 0. The lowest BCUT2D eigenvalue weighted by Gasteiger charge is -2.34. The molecule has 1 saturated heterocycles. The van der Waals surface area contributed by atoms with Gasteiger partial charge in [-0.2, -0.15) is 0 Å². The second-order valence-corrected chi connectivity index (χ2v) is 3.39. The van der Waals surface area contributed by atoms with Gasteiger partial charge in [-0.05, 0) is 19.9 Å². The van der Waals surface area contributed by atoms with Crippen molar-refractivity contribution in [3.63, 3.8) is 0 Å². The summed E-state index contributed by atoms with van der Waals surface area (Å²) in [5.74, 6) is -1.69. The number of hydrogen-bond acceptors (Lipinski definition) is 4. The Morgan fingerprint density at radius 3 is 2.33 bits per heavy atom. The van der Waals surface area contributed by atoms with E-state index in [2.05, 4.69) is 0 Å². The average Bonchev–Trinajstić information content (AvgIpc) is 2.22. The Balaban J connectivity index is 2.95. The van der Waals surface area contributed by atoms with Crippen LogP contribution in [0.4, 0.5) is 4.79 Å². The Morgan fingerprint density at radius 2 is 1.87 bits per heavy atom. The standard InChI is InChI=1S/C9H15N3O3/c1-3-12-8(14)6(4-5-10)7(13)11(2)9(12)15/h6H,3-5,10H2,1-2H3. The number of hydrogen-bond donors (Lipinski definition) is 1. The summed E-state index contributed by atoms with van der Waals surface area (Å²) in [6.45, 7) is 2.22. The Hall–Kier alpha value is -1.43. The molecule has 0 aromatic rings. The quantitative estimate of drug-likeness (QED) is 0.634. The number of urea groups is 1. The Labute approximate surface area is 88.0 Å². The first kappa shape index (κ1) is 11.6. The molecule has 6 heteroatoms. The Morgan fingerprint density at radius 1 is 1.27 bits per heavy atom. The van der Waals surface area contributed by atoms with Crippen molar-refractivity contribution in [2.24, 2.45) is 11.7 Å². The van der Waals surface area contributed by atoms with Crippen molar-refractivity contribution < 1.29 is 14.4 Å². The van der Waals surface area contributed by atoms with Crippen LogP contribution < -0.4 is 5.73 Å². The largest absolute Gasteiger partial charge is 0.333 e. The molecule has 1 aliphatic rings. The van der Waals surface area contributed by atoms with E-state index < -0.39 is 23.8 Å². The molecule has 0 aliphatic carbocycles. The van der Waals surface area contributed by atoms with Gasteiger partial charge >= 0.3 is 6.03 Å². The maximum atomic E-state index is 11.7. The maximum absolute atomic E-state index is 11.7. The first-order chi connectivity index (χ1) is 7.04. The summed E-state index contributed by atoms with van der Waals surface area (Å²) in [6, 6.07) is -0.555. The van der Waals surface area contributed by atoms with Gasteiger partial charge in [0.15, 0.2) is 0 Å². The lowest BCUT2D eigenvalue weighted by atomic mass is 10.00. The molecule has 6 nitrogen and oxygen atoms in total. The zero-order chi connectivity index (χ0) is 11.6. The highest BCUT2D eigenvalue weighted by Gasteiger charge is 2.42. The fraction of sp³-hybridized carbons (Fsp3) is 0.667. The van der Waals surface area contributed by atoms with Gasteiger partial charge in [-0.15, -0.1) is 0 Å². The molecule has 0 saturated carbocycles. The molecule has 2 N–H and O–H groups in total. The first-order valence-corrected chi connectivity index (χ1v) is 4.87. The van der Waals surface area contributed by atoms with Crippen molar-refractivity contribution in [1.82, 2.24) is 9.80 Å². The van der Waals surface area contributed by atoms with Crippen LogP contribution in [0.1, 0.15) is 13.3 Å². The van der Waals surface area contributed by atoms with E-state index in [-0.39, 0.29) is 19.5 Å². The minimum Gasteiger partial charge on any atom is -0.330 e. The summed E-state index contributed by atoms with van der Waals surface area (Å²) in [5.41, 5.74) is 5.32. The predicted octanol–water partition coefficient (Wildman–Crippen LogP) is -0.608. The van der Waals surface area contributed by atoms with E-state index in [1.807, 2.05) is 0 Å². The van der Waals surface area contributed by atoms with Crippen molar-refractivity contribution in [3.8, 4) is 0 Å². The molecule has 1 fully saturated rings. The van der Waals surface area contributed by atoms with E-state index in [0.717, 1.165) is 9.80 Å². The van der Waals surface area contributed by atoms with Gasteiger partial charge in [0.2, 0.25) is 11.8 Å². The molecule has 1 atom stereocenters. The molecule has 84 valence electrons. The summed E-state index contributed by atoms with van der Waals surface area (Å²) < 4.78 is 0. The van der Waals surface area contributed by atoms with E-state index in [1.165, 1.54) is 7.05 Å². The van der Waals surface area contributed by atoms with Crippen LogP contribution in [0.15, 0.2) is 0 Å². The van der Waals surface area contributed by atoms with Crippen LogP contribution in [0.2, 0.25) is 0 Å². The predicted molar refractivity (Wildman–Crippen MR) is 52.7 cm³/mol. The average molecular weight is 213 g/mol. The van der Waals surface area contributed by atoms with Crippen molar-refractivity contribution in [1.29, 1.82) is 0 Å². The normalized spacial score (nSPS) is 22.6. The molecule has 1 rings (SSSR count). The number of imide groups is 2. The highest BCUT2D eigenvalue weighted by Crippen LogP contribution is 2.18. The third-order valence-electron chi connectivity index (χ3n) is 2.48. The zero-order valence-corrected chi connectivity index (χ0v) is 8.90. The monoisotopic (exact) mass is 213 g/mol. The highest BCUT2D eigenvalue weighted by atomic mass is 16.2. The van der Waals surface area contributed by atoms with E-state index in [1.54, 1.807) is 6.92 Å². The minimum absolute atomic E-state index is 0.252. The van der Waals surface area contributed by atoms with Crippen molar-refractivity contribution in [3.05, 3.63) is 0 Å². The van der Waals surface area contributed by atoms with Crippen LogP contribution in [-0.2, 0) is 9.59 Å². The topological polar surface area (TPSA) is 83.7 Å². The van der Waals surface area contributed by atoms with Gasteiger partial charge in [-0.25, -0.2) is 4.79 Å². The molecule has 0 spiro atoms. The lowest BCUT2D eigenvalue weighted by molar-refractivity contribution is -0.148. The molecule has 4 amide bonds. The van der Waals surface area contributed by atoms with E-state index in [9.17, 15) is 14.4 Å². The van der Waals surface area contributed by atoms with Gasteiger partial charge in [0.05, 0.1) is 0 Å². The van der Waals surface area contributed by atoms with Crippen LogP contribution in [0, 0.1) is 5.92 Å². The van der Waals surface area contributed by atoms with Crippen LogP contribution in [0.3, 0.4) is 0 Å². The smallest absolute Gasteiger partial charge is 0.330 e. The fourth-order valence-corrected chi connectivity index (χ4v) is 1.60. The number of barbiturate groups is 1. The van der Waals surface area contributed by atoms with Crippen LogP contribution in [0.25, 0.3) is 0 Å². The molecule has 1 heterocycles. The van der Waals surface area contributed by atoms with Crippen molar-refractivity contribution in [2.75, 3.05) is 20.1 Å². The van der Waals surface area contributed by atoms with Crippen molar-refractivity contribution in [2.45, 2.75) is 13.3 Å². The first-order valence-electron chi connectivity index (χ1n) is 4.87. The highest BCUT2D eigenvalue weighted by molar-refractivity contribution is 6.15. The van der Waals surface area contributed by atoms with E-state index in [0.29, 0.717) is 0 Å². The van der Waals surface area contributed by atoms with Gasteiger partial charge in [-0.3, -0.25) is 19.4 Å².